The van der Waals surface area contributed by atoms with Gasteiger partial charge in [0, 0.05) is 12.6 Å². The second-order valence-electron chi connectivity index (χ2n) is 4.34. The maximum atomic E-state index is 12.3. The number of aliphatic carboxylic acids is 1. The van der Waals surface area contributed by atoms with Gasteiger partial charge < -0.3 is 24.2 Å². The molecular formula is C14H19NO6. The van der Waals surface area contributed by atoms with Gasteiger partial charge >= 0.3 is 5.97 Å². The molecule has 1 atom stereocenters. The quantitative estimate of drug-likeness (QED) is 0.850. The standard InChI is InChI=1S/C14H19NO6/c1-8(14(17)18)15(2)13(16)9-6-10(19-3)12(21-5)11(7-9)20-4/h6-8H,1-5H3,(H,17,18). The normalized spacial score (nSPS) is 11.5. The minimum atomic E-state index is -1.08. The van der Waals surface area contributed by atoms with Crippen LogP contribution in [0.4, 0.5) is 0 Å². The van der Waals surface area contributed by atoms with Crippen LogP contribution < -0.4 is 14.2 Å². The number of hydrogen-bond acceptors (Lipinski definition) is 5. The first-order valence-electron chi connectivity index (χ1n) is 6.17. The molecule has 1 rings (SSSR count). The molecule has 0 bridgehead atoms. The molecule has 0 saturated heterocycles. The van der Waals surface area contributed by atoms with E-state index in [4.69, 9.17) is 19.3 Å². The molecule has 0 spiro atoms. The average Bonchev–Trinajstić information content (AvgIpc) is 2.50. The number of carbonyl (C=O) groups excluding carboxylic acids is 1. The van der Waals surface area contributed by atoms with Crippen LogP contribution in [0.3, 0.4) is 0 Å². The van der Waals surface area contributed by atoms with E-state index in [0.29, 0.717) is 17.2 Å². The predicted octanol–water partition coefficient (Wildman–Crippen LogP) is 1.26. The number of rotatable bonds is 6. The zero-order valence-electron chi connectivity index (χ0n) is 12.7. The summed E-state index contributed by atoms with van der Waals surface area (Å²) in [6.45, 7) is 1.43. The van der Waals surface area contributed by atoms with Gasteiger partial charge in [0.2, 0.25) is 5.75 Å². The van der Waals surface area contributed by atoms with Crippen molar-refractivity contribution < 1.29 is 28.9 Å². The summed E-state index contributed by atoms with van der Waals surface area (Å²) >= 11 is 0. The molecule has 1 aromatic rings. The number of hydrogen-bond donors (Lipinski definition) is 1. The van der Waals surface area contributed by atoms with E-state index in [2.05, 4.69) is 0 Å². The van der Waals surface area contributed by atoms with Gasteiger partial charge in [0.25, 0.3) is 5.91 Å². The topological polar surface area (TPSA) is 85.3 Å². The largest absolute Gasteiger partial charge is 0.493 e. The molecule has 0 fully saturated rings. The molecule has 0 radical (unpaired) electrons. The lowest BCUT2D eigenvalue weighted by Gasteiger charge is -2.22. The molecule has 21 heavy (non-hydrogen) atoms. The predicted molar refractivity (Wildman–Crippen MR) is 75.3 cm³/mol. The molecule has 0 heterocycles. The van der Waals surface area contributed by atoms with E-state index in [0.717, 1.165) is 4.90 Å². The number of amides is 1. The van der Waals surface area contributed by atoms with Crippen LogP contribution >= 0.6 is 0 Å². The fraction of sp³-hybridized carbons (Fsp3) is 0.429. The van der Waals surface area contributed by atoms with Crippen molar-refractivity contribution in [1.82, 2.24) is 4.90 Å². The first-order chi connectivity index (χ1) is 9.87. The molecule has 0 saturated carbocycles. The second kappa shape index (κ2) is 6.83. The lowest BCUT2D eigenvalue weighted by Crippen LogP contribution is -2.40. The van der Waals surface area contributed by atoms with Gasteiger partial charge in [-0.2, -0.15) is 0 Å². The van der Waals surface area contributed by atoms with Crippen molar-refractivity contribution in [2.75, 3.05) is 28.4 Å². The van der Waals surface area contributed by atoms with E-state index in [1.165, 1.54) is 47.4 Å². The van der Waals surface area contributed by atoms with Crippen molar-refractivity contribution in [2.24, 2.45) is 0 Å². The number of likely N-dealkylation sites (N-methyl/N-ethyl adjacent to an activating group) is 1. The Bertz CT molecular complexity index is 517. The summed E-state index contributed by atoms with van der Waals surface area (Å²) in [7, 11) is 5.76. The molecule has 1 unspecified atom stereocenters. The van der Waals surface area contributed by atoms with E-state index in [9.17, 15) is 9.59 Å². The highest BCUT2D eigenvalue weighted by atomic mass is 16.5. The zero-order chi connectivity index (χ0) is 16.2. The average molecular weight is 297 g/mol. The lowest BCUT2D eigenvalue weighted by molar-refractivity contribution is -0.141. The number of carboxylic acid groups (broad SMARTS) is 1. The van der Waals surface area contributed by atoms with Gasteiger partial charge in [-0.1, -0.05) is 0 Å². The molecule has 0 aliphatic rings. The van der Waals surface area contributed by atoms with Crippen molar-refractivity contribution >= 4 is 11.9 Å². The van der Waals surface area contributed by atoms with Crippen molar-refractivity contribution in [3.05, 3.63) is 17.7 Å². The highest BCUT2D eigenvalue weighted by Crippen LogP contribution is 2.38. The fourth-order valence-electron chi connectivity index (χ4n) is 1.75. The first kappa shape index (κ1) is 16.6. The molecule has 7 heteroatoms. The Morgan fingerprint density at radius 2 is 1.57 bits per heavy atom. The summed E-state index contributed by atoms with van der Waals surface area (Å²) in [4.78, 5) is 24.4. The van der Waals surface area contributed by atoms with Crippen LogP contribution in [0.25, 0.3) is 0 Å². The van der Waals surface area contributed by atoms with Gasteiger partial charge in [-0.25, -0.2) is 4.79 Å². The smallest absolute Gasteiger partial charge is 0.326 e. The number of methoxy groups -OCH3 is 3. The maximum Gasteiger partial charge on any atom is 0.326 e. The summed E-state index contributed by atoms with van der Waals surface area (Å²) in [5.41, 5.74) is 0.250. The molecular weight excluding hydrogens is 278 g/mol. The van der Waals surface area contributed by atoms with Crippen LogP contribution in [0.5, 0.6) is 17.2 Å². The molecule has 116 valence electrons. The minimum Gasteiger partial charge on any atom is -0.493 e. The number of ether oxygens (including phenoxy) is 3. The van der Waals surface area contributed by atoms with Gasteiger partial charge in [-0.15, -0.1) is 0 Å². The van der Waals surface area contributed by atoms with Gasteiger partial charge in [0.1, 0.15) is 6.04 Å². The highest BCUT2D eigenvalue weighted by Gasteiger charge is 2.25. The van der Waals surface area contributed by atoms with Crippen molar-refractivity contribution in [2.45, 2.75) is 13.0 Å². The fourth-order valence-corrected chi connectivity index (χ4v) is 1.75. The monoisotopic (exact) mass is 297 g/mol. The SMILES string of the molecule is COc1cc(C(=O)N(C)C(C)C(=O)O)cc(OC)c1OC. The van der Waals surface area contributed by atoms with Gasteiger partial charge in [0.15, 0.2) is 11.5 Å². The van der Waals surface area contributed by atoms with Gasteiger partial charge in [0.05, 0.1) is 21.3 Å². The Kier molecular flexibility index (Phi) is 5.40. The zero-order valence-corrected chi connectivity index (χ0v) is 12.7. The Morgan fingerprint density at radius 1 is 1.10 bits per heavy atom. The van der Waals surface area contributed by atoms with E-state index in [1.54, 1.807) is 0 Å². The van der Waals surface area contributed by atoms with Crippen molar-refractivity contribution in [3.8, 4) is 17.2 Å². The molecule has 7 nitrogen and oxygen atoms in total. The molecule has 0 aliphatic heterocycles. The van der Waals surface area contributed by atoms with E-state index >= 15 is 0 Å². The van der Waals surface area contributed by atoms with Crippen LogP contribution in [-0.2, 0) is 4.79 Å². The van der Waals surface area contributed by atoms with Crippen LogP contribution in [0.2, 0.25) is 0 Å². The number of carboxylic acids is 1. The third-order valence-corrected chi connectivity index (χ3v) is 3.17. The summed E-state index contributed by atoms with van der Waals surface area (Å²) < 4.78 is 15.5. The number of carbonyl (C=O) groups is 2. The lowest BCUT2D eigenvalue weighted by atomic mass is 10.1. The van der Waals surface area contributed by atoms with E-state index in [-0.39, 0.29) is 5.56 Å². The Morgan fingerprint density at radius 3 is 1.90 bits per heavy atom. The van der Waals surface area contributed by atoms with Crippen molar-refractivity contribution in [3.63, 3.8) is 0 Å². The number of benzene rings is 1. The molecule has 1 N–H and O–H groups in total. The Labute approximate surface area is 123 Å². The summed E-state index contributed by atoms with van der Waals surface area (Å²) in [5, 5.41) is 8.97. The molecule has 0 aliphatic carbocycles. The summed E-state index contributed by atoms with van der Waals surface area (Å²) in [6, 6.07) is 2.01. The molecule has 1 amide bonds. The van der Waals surface area contributed by atoms with Crippen molar-refractivity contribution in [1.29, 1.82) is 0 Å². The minimum absolute atomic E-state index is 0.250. The van der Waals surface area contributed by atoms with Gasteiger partial charge in [-0.05, 0) is 19.1 Å². The summed E-state index contributed by atoms with van der Waals surface area (Å²) in [5.74, 6) is -0.513. The van der Waals surface area contributed by atoms with Gasteiger partial charge in [-0.3, -0.25) is 4.79 Å². The second-order valence-corrected chi connectivity index (χ2v) is 4.34. The third kappa shape index (κ3) is 3.36. The first-order valence-corrected chi connectivity index (χ1v) is 6.17. The maximum absolute atomic E-state index is 12.3. The van der Waals surface area contributed by atoms with E-state index in [1.807, 2.05) is 0 Å². The van der Waals surface area contributed by atoms with Crippen LogP contribution in [-0.4, -0.2) is 56.3 Å². The Hall–Kier alpha value is -2.44. The van der Waals surface area contributed by atoms with Crippen LogP contribution in [0, 0.1) is 0 Å². The molecule has 0 aromatic heterocycles. The summed E-state index contributed by atoms with van der Waals surface area (Å²) in [6.07, 6.45) is 0. The third-order valence-electron chi connectivity index (χ3n) is 3.17. The van der Waals surface area contributed by atoms with E-state index < -0.39 is 17.9 Å². The molecule has 1 aromatic carbocycles. The Balaban J connectivity index is 3.24. The highest BCUT2D eigenvalue weighted by molar-refractivity contribution is 5.97. The van der Waals surface area contributed by atoms with Crippen LogP contribution in [0.15, 0.2) is 12.1 Å². The number of nitrogens with zero attached hydrogens (tertiary/aromatic N) is 1. The van der Waals surface area contributed by atoms with Crippen LogP contribution in [0.1, 0.15) is 17.3 Å².